The lowest BCUT2D eigenvalue weighted by molar-refractivity contribution is 0.670. The predicted molar refractivity (Wildman–Crippen MR) is 245 cm³/mol. The van der Waals surface area contributed by atoms with E-state index < -0.39 is 0 Å². The molecule has 0 saturated carbocycles. The minimum absolute atomic E-state index is 0.905. The third-order valence-corrected chi connectivity index (χ3v) is 11.5. The van der Waals surface area contributed by atoms with E-state index >= 15 is 0 Å². The second-order valence-electron chi connectivity index (χ2n) is 14.9. The topological polar surface area (TPSA) is 16.4 Å². The second kappa shape index (κ2) is 14.1. The molecule has 0 atom stereocenters. The van der Waals surface area contributed by atoms with Crippen molar-refractivity contribution in [3.8, 4) is 44.5 Å². The van der Waals surface area contributed by atoms with Crippen molar-refractivity contribution in [2.24, 2.45) is 0 Å². The number of hydrogen-bond donors (Lipinski definition) is 0. The number of benzene rings is 10. The van der Waals surface area contributed by atoms with Crippen molar-refractivity contribution in [1.29, 1.82) is 0 Å². The summed E-state index contributed by atoms with van der Waals surface area (Å²) in [4.78, 5) is 2.37. The largest absolute Gasteiger partial charge is 0.455 e. The lowest BCUT2D eigenvalue weighted by atomic mass is 9.92. The van der Waals surface area contributed by atoms with Gasteiger partial charge in [-0.05, 0) is 109 Å². The first-order chi connectivity index (χ1) is 28.7. The van der Waals surface area contributed by atoms with Crippen molar-refractivity contribution >= 4 is 60.5 Å². The van der Waals surface area contributed by atoms with Crippen LogP contribution in [0.4, 0.5) is 17.1 Å². The molecule has 0 unspecified atom stereocenters. The molecular weight excluding hydrogens is 703 g/mol. The van der Waals surface area contributed by atoms with Gasteiger partial charge < -0.3 is 9.32 Å². The van der Waals surface area contributed by atoms with E-state index in [0.29, 0.717) is 0 Å². The summed E-state index contributed by atoms with van der Waals surface area (Å²) in [5.74, 6) is 0. The van der Waals surface area contributed by atoms with E-state index in [9.17, 15) is 0 Å². The number of rotatable bonds is 7. The van der Waals surface area contributed by atoms with E-state index in [2.05, 4.69) is 217 Å². The molecule has 0 saturated heterocycles. The van der Waals surface area contributed by atoms with Crippen LogP contribution < -0.4 is 4.90 Å². The number of hydrogen-bond acceptors (Lipinski definition) is 2. The summed E-state index contributed by atoms with van der Waals surface area (Å²) in [6.45, 7) is 0. The van der Waals surface area contributed by atoms with Crippen LogP contribution in [-0.2, 0) is 0 Å². The van der Waals surface area contributed by atoms with E-state index in [0.717, 1.165) is 50.1 Å². The monoisotopic (exact) mass is 739 g/mol. The summed E-state index contributed by atoms with van der Waals surface area (Å²) in [6.07, 6.45) is 0. The fourth-order valence-electron chi connectivity index (χ4n) is 8.59. The molecule has 10 aromatic carbocycles. The maximum absolute atomic E-state index is 6.44. The molecule has 0 aliphatic carbocycles. The zero-order valence-electron chi connectivity index (χ0n) is 31.7. The lowest BCUT2D eigenvalue weighted by Crippen LogP contribution is -2.10. The van der Waals surface area contributed by atoms with Crippen molar-refractivity contribution in [3.05, 3.63) is 224 Å². The Bertz CT molecular complexity index is 3240. The van der Waals surface area contributed by atoms with Gasteiger partial charge in [0.05, 0.1) is 0 Å². The van der Waals surface area contributed by atoms with Gasteiger partial charge in [-0.2, -0.15) is 0 Å². The van der Waals surface area contributed by atoms with Crippen molar-refractivity contribution in [1.82, 2.24) is 0 Å². The first-order valence-electron chi connectivity index (χ1n) is 19.8. The Labute approximate surface area is 337 Å². The highest BCUT2D eigenvalue weighted by Crippen LogP contribution is 2.43. The molecule has 0 radical (unpaired) electrons. The zero-order valence-corrected chi connectivity index (χ0v) is 31.7. The minimum atomic E-state index is 0.905. The summed E-state index contributed by atoms with van der Waals surface area (Å²) >= 11 is 0. The molecule has 0 bridgehead atoms. The Kier molecular flexibility index (Phi) is 8.19. The summed E-state index contributed by atoms with van der Waals surface area (Å²) in [6, 6.07) is 80.7. The average molecular weight is 740 g/mol. The van der Waals surface area contributed by atoms with Crippen molar-refractivity contribution < 1.29 is 4.42 Å². The second-order valence-corrected chi connectivity index (χ2v) is 14.9. The zero-order chi connectivity index (χ0) is 38.4. The molecule has 0 spiro atoms. The number of nitrogens with zero attached hydrogens (tertiary/aromatic N) is 1. The number of furan rings is 1. The third kappa shape index (κ3) is 5.91. The molecule has 1 heterocycles. The maximum Gasteiger partial charge on any atom is 0.143 e. The summed E-state index contributed by atoms with van der Waals surface area (Å²) in [5, 5.41) is 7.21. The molecule has 2 nitrogen and oxygen atoms in total. The number of anilines is 3. The van der Waals surface area contributed by atoms with E-state index in [1.165, 1.54) is 54.9 Å². The van der Waals surface area contributed by atoms with Crippen molar-refractivity contribution in [3.63, 3.8) is 0 Å². The van der Waals surface area contributed by atoms with Crippen LogP contribution in [0.1, 0.15) is 0 Å². The number of fused-ring (bicyclic) bond motifs is 6. The Morgan fingerprint density at radius 3 is 1.47 bits per heavy atom. The first-order valence-corrected chi connectivity index (χ1v) is 19.8. The molecule has 2 heteroatoms. The van der Waals surface area contributed by atoms with Gasteiger partial charge in [-0.15, -0.1) is 0 Å². The van der Waals surface area contributed by atoms with Crippen LogP contribution in [0.3, 0.4) is 0 Å². The molecule has 0 fully saturated rings. The van der Waals surface area contributed by atoms with E-state index in [1.54, 1.807) is 0 Å². The highest BCUT2D eigenvalue weighted by atomic mass is 16.3. The molecule has 0 N–H and O–H groups in total. The Hall–Kier alpha value is -7.68. The van der Waals surface area contributed by atoms with Crippen LogP contribution in [0.15, 0.2) is 229 Å². The summed E-state index contributed by atoms with van der Waals surface area (Å²) in [5.41, 5.74) is 14.5. The van der Waals surface area contributed by atoms with E-state index in [-0.39, 0.29) is 0 Å². The van der Waals surface area contributed by atoms with Gasteiger partial charge in [-0.3, -0.25) is 0 Å². The standard InChI is InChI=1S/C56H37NO/c1-3-12-38(13-4-1)39-22-24-40(25-23-39)41-26-30-45(31-27-41)57(46-32-28-43(29-33-46)49-19-11-20-52-51-18-9-10-21-55(51)58-56(49)52)47-34-35-50-48-17-8-7-16-44(48)36-53(54(50)37-47)42-14-5-2-6-15-42/h1-37H. The smallest absolute Gasteiger partial charge is 0.143 e. The van der Waals surface area contributed by atoms with E-state index in [4.69, 9.17) is 4.42 Å². The van der Waals surface area contributed by atoms with Crippen LogP contribution >= 0.6 is 0 Å². The van der Waals surface area contributed by atoms with Gasteiger partial charge in [0.15, 0.2) is 0 Å². The average Bonchev–Trinajstić information content (AvgIpc) is 3.69. The van der Waals surface area contributed by atoms with Gasteiger partial charge in [0.25, 0.3) is 0 Å². The molecule has 0 aliphatic heterocycles. The minimum Gasteiger partial charge on any atom is -0.455 e. The lowest BCUT2D eigenvalue weighted by Gasteiger charge is -2.27. The fourth-order valence-corrected chi connectivity index (χ4v) is 8.59. The van der Waals surface area contributed by atoms with Crippen LogP contribution in [0.5, 0.6) is 0 Å². The quantitative estimate of drug-likeness (QED) is 0.151. The normalized spacial score (nSPS) is 11.4. The molecule has 0 aliphatic rings. The van der Waals surface area contributed by atoms with Crippen molar-refractivity contribution in [2.75, 3.05) is 4.90 Å². The molecule has 272 valence electrons. The first kappa shape index (κ1) is 33.6. The molecule has 11 aromatic rings. The van der Waals surface area contributed by atoms with E-state index in [1.807, 2.05) is 12.1 Å². The maximum atomic E-state index is 6.44. The fraction of sp³-hybridized carbons (Fsp3) is 0. The third-order valence-electron chi connectivity index (χ3n) is 11.5. The van der Waals surface area contributed by atoms with Gasteiger partial charge in [0, 0.05) is 33.4 Å². The summed E-state index contributed by atoms with van der Waals surface area (Å²) < 4.78 is 6.44. The molecule has 11 rings (SSSR count). The van der Waals surface area contributed by atoms with Crippen LogP contribution in [0, 0.1) is 0 Å². The highest BCUT2D eigenvalue weighted by Gasteiger charge is 2.18. The molecular formula is C56H37NO. The Balaban J connectivity index is 1.04. The van der Waals surface area contributed by atoms with Gasteiger partial charge in [0.2, 0.25) is 0 Å². The number of para-hydroxylation sites is 2. The van der Waals surface area contributed by atoms with Gasteiger partial charge in [-0.1, -0.05) is 176 Å². The van der Waals surface area contributed by atoms with Gasteiger partial charge in [-0.25, -0.2) is 0 Å². The Morgan fingerprint density at radius 1 is 0.276 bits per heavy atom. The Morgan fingerprint density at radius 2 is 0.776 bits per heavy atom. The summed E-state index contributed by atoms with van der Waals surface area (Å²) in [7, 11) is 0. The predicted octanol–water partition coefficient (Wildman–Crippen LogP) is 16.0. The van der Waals surface area contributed by atoms with Crippen LogP contribution in [-0.4, -0.2) is 0 Å². The van der Waals surface area contributed by atoms with Gasteiger partial charge in [0.1, 0.15) is 11.2 Å². The molecule has 58 heavy (non-hydrogen) atoms. The van der Waals surface area contributed by atoms with Gasteiger partial charge >= 0.3 is 0 Å². The van der Waals surface area contributed by atoms with Crippen LogP contribution in [0.2, 0.25) is 0 Å². The molecule has 1 aromatic heterocycles. The van der Waals surface area contributed by atoms with Crippen molar-refractivity contribution in [2.45, 2.75) is 0 Å². The van der Waals surface area contributed by atoms with Crippen LogP contribution in [0.25, 0.3) is 88.0 Å². The highest BCUT2D eigenvalue weighted by molar-refractivity contribution is 6.15. The SMILES string of the molecule is c1ccc(-c2ccc(-c3ccc(N(c4ccc(-c5cccc6c5oc5ccccc56)cc4)c4ccc5c(c4)c(-c4ccccc4)cc4ccccc45)cc3)cc2)cc1. The molecule has 0 amide bonds.